The molecule has 0 N–H and O–H groups in total. The second kappa shape index (κ2) is 7.07. The van der Waals surface area contributed by atoms with Crippen molar-refractivity contribution in [2.24, 2.45) is 0 Å². The molecule has 0 aliphatic heterocycles. The van der Waals surface area contributed by atoms with Gasteiger partial charge in [0.25, 0.3) is 0 Å². The van der Waals surface area contributed by atoms with Gasteiger partial charge in [-0.25, -0.2) is 0 Å². The fourth-order valence-corrected chi connectivity index (χ4v) is 4.87. The summed E-state index contributed by atoms with van der Waals surface area (Å²) >= 11 is 0. The van der Waals surface area contributed by atoms with E-state index in [1.165, 1.54) is 25.7 Å². The quantitative estimate of drug-likeness (QED) is 0.555. The minimum absolute atomic E-state index is 0. The van der Waals surface area contributed by atoms with Crippen molar-refractivity contribution in [3.8, 4) is 0 Å². The molecule has 0 heterocycles. The first kappa shape index (κ1) is 17.1. The van der Waals surface area contributed by atoms with E-state index in [4.69, 9.17) is 0 Å². The first-order valence-corrected chi connectivity index (χ1v) is 6.62. The highest BCUT2D eigenvalue weighted by atomic mass is 35.5. The molecule has 0 aliphatic rings. The summed E-state index contributed by atoms with van der Waals surface area (Å²) in [7, 11) is 1.10. The lowest BCUT2D eigenvalue weighted by Crippen LogP contribution is -2.23. The van der Waals surface area contributed by atoms with E-state index < -0.39 is 0 Å². The smallest absolute Gasteiger partial charge is 0.0174 e. The predicted octanol–water partition coefficient (Wildman–Crippen LogP) is 5.24. The lowest BCUT2D eigenvalue weighted by Gasteiger charge is -2.35. The van der Waals surface area contributed by atoms with Gasteiger partial charge < -0.3 is 0 Å². The Labute approximate surface area is 98.8 Å². The molecular weight excluding hydrogens is 211 g/mol. The zero-order valence-electron chi connectivity index (χ0n) is 10.7. The number of halogens is 1. The highest BCUT2D eigenvalue weighted by molar-refractivity contribution is 7.41. The standard InChI is InChI=1S/C12H27P.ClH/c1-7-9-11(3,4)13-12(5,6)10-8-2;/h13H,7-10H2,1-6H3;1H. The van der Waals surface area contributed by atoms with Gasteiger partial charge in [0.1, 0.15) is 0 Å². The maximum atomic E-state index is 2.42. The minimum atomic E-state index is 0. The van der Waals surface area contributed by atoms with Crippen LogP contribution in [-0.2, 0) is 0 Å². The molecule has 0 radical (unpaired) electrons. The Morgan fingerprint density at radius 3 is 1.29 bits per heavy atom. The third-order valence-corrected chi connectivity index (χ3v) is 4.28. The molecule has 2 heteroatoms. The summed E-state index contributed by atoms with van der Waals surface area (Å²) in [6, 6.07) is 0. The lowest BCUT2D eigenvalue weighted by atomic mass is 10.1. The summed E-state index contributed by atoms with van der Waals surface area (Å²) in [5, 5.41) is 1.13. The molecule has 0 aromatic carbocycles. The molecule has 0 nitrogen and oxygen atoms in total. The highest BCUT2D eigenvalue weighted by Gasteiger charge is 2.26. The first-order valence-electron chi connectivity index (χ1n) is 5.62. The topological polar surface area (TPSA) is 0 Å². The van der Waals surface area contributed by atoms with E-state index in [2.05, 4.69) is 41.5 Å². The largest absolute Gasteiger partial charge is 0.147 e. The zero-order valence-corrected chi connectivity index (χ0v) is 12.6. The van der Waals surface area contributed by atoms with E-state index >= 15 is 0 Å². The minimum Gasteiger partial charge on any atom is -0.147 e. The summed E-state index contributed by atoms with van der Waals surface area (Å²) in [6.07, 6.45) is 5.39. The Kier molecular flexibility index (Phi) is 8.65. The summed E-state index contributed by atoms with van der Waals surface area (Å²) < 4.78 is 0. The molecule has 0 unspecified atom stereocenters. The van der Waals surface area contributed by atoms with Crippen LogP contribution in [0.3, 0.4) is 0 Å². The normalized spacial score (nSPS) is 12.4. The predicted molar refractivity (Wildman–Crippen MR) is 73.5 cm³/mol. The number of hydrogen-bond acceptors (Lipinski definition) is 0. The van der Waals surface area contributed by atoms with Gasteiger partial charge in [0.05, 0.1) is 0 Å². The van der Waals surface area contributed by atoms with E-state index in [0.29, 0.717) is 10.3 Å². The van der Waals surface area contributed by atoms with Crippen LogP contribution in [-0.4, -0.2) is 10.3 Å². The average molecular weight is 239 g/mol. The lowest BCUT2D eigenvalue weighted by molar-refractivity contribution is 0.570. The monoisotopic (exact) mass is 238 g/mol. The van der Waals surface area contributed by atoms with Crippen molar-refractivity contribution in [1.82, 2.24) is 0 Å². The molecule has 88 valence electrons. The summed E-state index contributed by atoms with van der Waals surface area (Å²) in [6.45, 7) is 14.3. The van der Waals surface area contributed by atoms with Crippen LogP contribution in [0.5, 0.6) is 0 Å². The molecule has 0 rings (SSSR count). The van der Waals surface area contributed by atoms with Crippen LogP contribution in [0.25, 0.3) is 0 Å². The van der Waals surface area contributed by atoms with Gasteiger partial charge in [-0.1, -0.05) is 54.4 Å². The van der Waals surface area contributed by atoms with Crippen molar-refractivity contribution in [3.63, 3.8) is 0 Å². The molecule has 0 aliphatic carbocycles. The van der Waals surface area contributed by atoms with E-state index in [9.17, 15) is 0 Å². The molecule has 0 fully saturated rings. The van der Waals surface area contributed by atoms with E-state index in [1.54, 1.807) is 0 Å². The third kappa shape index (κ3) is 8.06. The Balaban J connectivity index is 0. The molecule has 0 spiro atoms. The van der Waals surface area contributed by atoms with E-state index in [0.717, 1.165) is 8.58 Å². The van der Waals surface area contributed by atoms with Gasteiger partial charge in [0.2, 0.25) is 0 Å². The van der Waals surface area contributed by atoms with Gasteiger partial charge in [-0.2, -0.15) is 0 Å². The van der Waals surface area contributed by atoms with Crippen molar-refractivity contribution in [3.05, 3.63) is 0 Å². The fourth-order valence-electron chi connectivity index (χ4n) is 2.29. The fraction of sp³-hybridized carbons (Fsp3) is 1.00. The molecule has 0 atom stereocenters. The van der Waals surface area contributed by atoms with Gasteiger partial charge >= 0.3 is 0 Å². The van der Waals surface area contributed by atoms with Crippen LogP contribution in [0.4, 0.5) is 0 Å². The van der Waals surface area contributed by atoms with Gasteiger partial charge in [-0.15, -0.1) is 21.0 Å². The van der Waals surface area contributed by atoms with Crippen LogP contribution < -0.4 is 0 Å². The van der Waals surface area contributed by atoms with Crippen LogP contribution in [0, 0.1) is 0 Å². The maximum Gasteiger partial charge on any atom is -0.0174 e. The molecule has 0 aromatic heterocycles. The molecule has 14 heavy (non-hydrogen) atoms. The number of rotatable bonds is 6. The van der Waals surface area contributed by atoms with E-state index in [-0.39, 0.29) is 12.4 Å². The zero-order chi connectivity index (χ0) is 10.5. The Hall–Kier alpha value is 0.720. The maximum absolute atomic E-state index is 2.42. The number of hydrogen-bond donors (Lipinski definition) is 0. The Bertz CT molecular complexity index is 125. The van der Waals surface area contributed by atoms with Crippen molar-refractivity contribution in [1.29, 1.82) is 0 Å². The first-order chi connectivity index (χ1) is 5.83. The molecule has 0 aromatic rings. The Morgan fingerprint density at radius 1 is 0.786 bits per heavy atom. The van der Waals surface area contributed by atoms with Gasteiger partial charge in [0.15, 0.2) is 0 Å². The van der Waals surface area contributed by atoms with Crippen molar-refractivity contribution in [2.45, 2.75) is 77.5 Å². The molecule has 0 saturated heterocycles. The average Bonchev–Trinajstić information content (AvgIpc) is 1.82. The summed E-state index contributed by atoms with van der Waals surface area (Å²) in [4.78, 5) is 0. The second-order valence-corrected chi connectivity index (χ2v) is 8.35. The van der Waals surface area contributed by atoms with Crippen molar-refractivity contribution < 1.29 is 0 Å². The molecule has 0 saturated carbocycles. The summed E-state index contributed by atoms with van der Waals surface area (Å²) in [5.41, 5.74) is 0. The second-order valence-electron chi connectivity index (χ2n) is 5.39. The van der Waals surface area contributed by atoms with Crippen molar-refractivity contribution >= 4 is 21.0 Å². The van der Waals surface area contributed by atoms with Gasteiger partial charge in [-0.05, 0) is 23.2 Å². The third-order valence-electron chi connectivity index (χ3n) is 2.43. The molecule has 0 bridgehead atoms. The van der Waals surface area contributed by atoms with Crippen LogP contribution in [0.1, 0.15) is 67.2 Å². The SMILES string of the molecule is CCCC(C)(C)PC(C)(C)CCC.Cl. The summed E-state index contributed by atoms with van der Waals surface area (Å²) in [5.74, 6) is 0. The van der Waals surface area contributed by atoms with Crippen LogP contribution in [0.2, 0.25) is 0 Å². The van der Waals surface area contributed by atoms with Crippen LogP contribution >= 0.6 is 21.0 Å². The Morgan fingerprint density at radius 2 is 1.07 bits per heavy atom. The van der Waals surface area contributed by atoms with E-state index in [1.807, 2.05) is 0 Å². The van der Waals surface area contributed by atoms with Crippen LogP contribution in [0.15, 0.2) is 0 Å². The van der Waals surface area contributed by atoms with Gasteiger partial charge in [-0.3, -0.25) is 0 Å². The molecular formula is C12H28ClP. The highest BCUT2D eigenvalue weighted by Crippen LogP contribution is 2.47. The molecule has 0 amide bonds. The van der Waals surface area contributed by atoms with Crippen molar-refractivity contribution in [2.75, 3.05) is 0 Å². The van der Waals surface area contributed by atoms with Gasteiger partial charge in [0, 0.05) is 0 Å².